The molecule has 0 bridgehead atoms. The molecule has 4 N–H and O–H groups in total. The summed E-state index contributed by atoms with van der Waals surface area (Å²) < 4.78 is 4.84. The lowest BCUT2D eigenvalue weighted by molar-refractivity contribution is -0.143. The number of primary amides is 1. The van der Waals surface area contributed by atoms with Gasteiger partial charge in [-0.1, -0.05) is 0 Å². The Morgan fingerprint density at radius 2 is 2.22 bits per heavy atom. The molecular formula is C10H13N3O4S. The summed E-state index contributed by atoms with van der Waals surface area (Å²) in [5, 5.41) is -0.249. The lowest BCUT2D eigenvalue weighted by Crippen LogP contribution is -2.69. The maximum Gasteiger partial charge on any atom is 0.302 e. The van der Waals surface area contributed by atoms with Gasteiger partial charge in [0.05, 0.1) is 0 Å². The maximum atomic E-state index is 11.6. The molecule has 2 atom stereocenters. The van der Waals surface area contributed by atoms with Crippen LogP contribution >= 0.6 is 11.8 Å². The second-order valence-electron chi connectivity index (χ2n) is 4.03. The number of rotatable bonds is 3. The average Bonchev–Trinajstić information content (AvgIpc) is 2.33. The van der Waals surface area contributed by atoms with E-state index in [0.717, 1.165) is 0 Å². The summed E-state index contributed by atoms with van der Waals surface area (Å²) in [5.41, 5.74) is 11.6. The average molecular weight is 271 g/mol. The summed E-state index contributed by atoms with van der Waals surface area (Å²) in [6.45, 7) is 1.24. The zero-order valence-electron chi connectivity index (χ0n) is 9.71. The highest BCUT2D eigenvalue weighted by Crippen LogP contribution is 2.39. The fraction of sp³-hybridized carbons (Fsp3) is 0.500. The number of nitrogens with zero attached hydrogens (tertiary/aromatic N) is 1. The summed E-state index contributed by atoms with van der Waals surface area (Å²) >= 11 is 1.43. The quantitative estimate of drug-likeness (QED) is 0.478. The van der Waals surface area contributed by atoms with Gasteiger partial charge in [0.15, 0.2) is 0 Å². The number of esters is 1. The van der Waals surface area contributed by atoms with Crippen molar-refractivity contribution in [1.29, 1.82) is 0 Å². The second-order valence-corrected chi connectivity index (χ2v) is 5.14. The van der Waals surface area contributed by atoms with E-state index in [0.29, 0.717) is 11.3 Å². The van der Waals surface area contributed by atoms with Crippen molar-refractivity contribution in [1.82, 2.24) is 4.90 Å². The number of fused-ring (bicyclic) bond motifs is 1. The van der Waals surface area contributed by atoms with Crippen molar-refractivity contribution in [3.8, 4) is 0 Å². The zero-order chi connectivity index (χ0) is 13.4. The van der Waals surface area contributed by atoms with Crippen LogP contribution in [0.1, 0.15) is 6.92 Å². The van der Waals surface area contributed by atoms with Crippen LogP contribution in [-0.4, -0.2) is 46.5 Å². The fourth-order valence-corrected chi connectivity index (χ4v) is 3.19. The molecule has 0 aromatic carbocycles. The van der Waals surface area contributed by atoms with Crippen LogP contribution in [0.4, 0.5) is 0 Å². The van der Waals surface area contributed by atoms with Crippen LogP contribution < -0.4 is 11.5 Å². The van der Waals surface area contributed by atoms with E-state index in [4.69, 9.17) is 16.2 Å². The Morgan fingerprint density at radius 1 is 1.56 bits per heavy atom. The van der Waals surface area contributed by atoms with E-state index in [2.05, 4.69) is 0 Å². The van der Waals surface area contributed by atoms with Crippen molar-refractivity contribution >= 4 is 29.5 Å². The van der Waals surface area contributed by atoms with Crippen LogP contribution in [0.25, 0.3) is 0 Å². The first kappa shape index (κ1) is 12.9. The Labute approximate surface area is 107 Å². The van der Waals surface area contributed by atoms with E-state index in [1.165, 1.54) is 23.6 Å². The molecule has 8 heteroatoms. The van der Waals surface area contributed by atoms with E-state index >= 15 is 0 Å². The maximum absolute atomic E-state index is 11.6. The van der Waals surface area contributed by atoms with E-state index in [-0.39, 0.29) is 23.6 Å². The third-order valence-corrected chi connectivity index (χ3v) is 4.13. The molecule has 18 heavy (non-hydrogen) atoms. The van der Waals surface area contributed by atoms with E-state index < -0.39 is 17.9 Å². The summed E-state index contributed by atoms with van der Waals surface area (Å²) in [6.07, 6.45) is 0. The number of carbonyl (C=O) groups excluding carboxylic acids is 3. The van der Waals surface area contributed by atoms with Crippen LogP contribution in [0.2, 0.25) is 0 Å². The number of hydrogen-bond donors (Lipinski definition) is 2. The minimum absolute atomic E-state index is 0.0354. The lowest BCUT2D eigenvalue weighted by atomic mass is 10.0. The van der Waals surface area contributed by atoms with E-state index in [1.807, 2.05) is 0 Å². The smallest absolute Gasteiger partial charge is 0.302 e. The molecular weight excluding hydrogens is 258 g/mol. The number of ether oxygens (including phenoxy) is 1. The van der Waals surface area contributed by atoms with Gasteiger partial charge in [0.25, 0.3) is 5.91 Å². The van der Waals surface area contributed by atoms with Crippen molar-refractivity contribution in [2.75, 3.05) is 12.4 Å². The molecule has 0 aliphatic carbocycles. The molecule has 2 amide bonds. The van der Waals surface area contributed by atoms with Crippen LogP contribution in [0.15, 0.2) is 11.3 Å². The number of β-lactam (4-membered cyclic amide) rings is 1. The lowest BCUT2D eigenvalue weighted by Gasteiger charge is -2.48. The van der Waals surface area contributed by atoms with Crippen LogP contribution in [-0.2, 0) is 19.1 Å². The molecule has 0 radical (unpaired) electrons. The minimum atomic E-state index is -0.706. The molecule has 7 nitrogen and oxygen atoms in total. The van der Waals surface area contributed by atoms with Crippen molar-refractivity contribution < 1.29 is 19.1 Å². The Bertz CT molecular complexity index is 462. The molecule has 1 fully saturated rings. The number of hydrogen-bond acceptors (Lipinski definition) is 6. The van der Waals surface area contributed by atoms with Gasteiger partial charge in [-0.3, -0.25) is 19.3 Å². The predicted molar refractivity (Wildman–Crippen MR) is 63.9 cm³/mol. The van der Waals surface area contributed by atoms with Gasteiger partial charge < -0.3 is 16.2 Å². The molecule has 2 heterocycles. The third-order valence-electron chi connectivity index (χ3n) is 2.77. The molecule has 2 aliphatic heterocycles. The van der Waals surface area contributed by atoms with Gasteiger partial charge >= 0.3 is 5.97 Å². The second kappa shape index (κ2) is 4.62. The summed E-state index contributed by atoms with van der Waals surface area (Å²) in [6, 6.07) is -0.598. The number of carbonyl (C=O) groups is 3. The van der Waals surface area contributed by atoms with Gasteiger partial charge in [0, 0.05) is 18.2 Å². The Morgan fingerprint density at radius 3 is 2.78 bits per heavy atom. The highest BCUT2D eigenvalue weighted by Gasteiger charge is 2.51. The molecule has 1 saturated heterocycles. The molecule has 0 unspecified atom stereocenters. The predicted octanol–water partition coefficient (Wildman–Crippen LogP) is -1.47. The largest absolute Gasteiger partial charge is 0.461 e. The van der Waals surface area contributed by atoms with Gasteiger partial charge in [-0.2, -0.15) is 0 Å². The molecule has 0 aromatic heterocycles. The molecule has 0 spiro atoms. The molecule has 98 valence electrons. The standard InChI is InChI=1S/C10H13N3O4S/c1-4(14)17-2-5-3-18-10-6(11)9(16)13(10)7(5)8(12)15/h6,10H,2-3,11H2,1H3,(H2,12,15)/t6-,10-/m1/s1. The normalized spacial score (nSPS) is 26.6. The third kappa shape index (κ3) is 1.97. The Balaban J connectivity index is 2.26. The van der Waals surface area contributed by atoms with Crippen molar-refractivity contribution in [3.63, 3.8) is 0 Å². The first-order valence-corrected chi connectivity index (χ1v) is 6.33. The highest BCUT2D eigenvalue weighted by molar-refractivity contribution is 8.00. The van der Waals surface area contributed by atoms with Crippen molar-refractivity contribution in [2.45, 2.75) is 18.3 Å². The molecule has 2 rings (SSSR count). The van der Waals surface area contributed by atoms with Crippen LogP contribution in [0, 0.1) is 0 Å². The van der Waals surface area contributed by atoms with Gasteiger partial charge in [-0.25, -0.2) is 0 Å². The Hall–Kier alpha value is -1.54. The van der Waals surface area contributed by atoms with Gasteiger partial charge in [0.1, 0.15) is 23.7 Å². The zero-order valence-corrected chi connectivity index (χ0v) is 10.5. The SMILES string of the molecule is CC(=O)OCC1=C(C(N)=O)N2C(=O)[C@@H](N)[C@H]2SC1. The number of amides is 2. The molecule has 0 saturated carbocycles. The summed E-state index contributed by atoms with van der Waals surface area (Å²) in [7, 11) is 0. The first-order valence-electron chi connectivity index (χ1n) is 5.29. The number of thioether (sulfide) groups is 1. The van der Waals surface area contributed by atoms with Gasteiger partial charge in [0.2, 0.25) is 5.91 Å². The number of nitrogens with two attached hydrogens (primary N) is 2. The fourth-order valence-electron chi connectivity index (χ4n) is 1.92. The highest BCUT2D eigenvalue weighted by atomic mass is 32.2. The van der Waals surface area contributed by atoms with E-state index in [1.54, 1.807) is 0 Å². The van der Waals surface area contributed by atoms with Crippen molar-refractivity contribution in [2.24, 2.45) is 11.5 Å². The van der Waals surface area contributed by atoms with E-state index in [9.17, 15) is 14.4 Å². The molecule has 2 aliphatic rings. The van der Waals surface area contributed by atoms with Crippen molar-refractivity contribution in [3.05, 3.63) is 11.3 Å². The molecule has 0 aromatic rings. The van der Waals surface area contributed by atoms with Gasteiger partial charge in [-0.05, 0) is 0 Å². The Kier molecular flexibility index (Phi) is 3.31. The minimum Gasteiger partial charge on any atom is -0.461 e. The topological polar surface area (TPSA) is 116 Å². The first-order chi connectivity index (χ1) is 8.43. The van der Waals surface area contributed by atoms with Crippen LogP contribution in [0.3, 0.4) is 0 Å². The summed E-state index contributed by atoms with van der Waals surface area (Å²) in [5.74, 6) is -1.03. The summed E-state index contributed by atoms with van der Waals surface area (Å²) in [4.78, 5) is 35.1. The van der Waals surface area contributed by atoms with Crippen LogP contribution in [0.5, 0.6) is 0 Å². The van der Waals surface area contributed by atoms with Gasteiger partial charge in [-0.15, -0.1) is 11.8 Å². The monoisotopic (exact) mass is 271 g/mol.